The van der Waals surface area contributed by atoms with Gasteiger partial charge in [0.1, 0.15) is 0 Å². The summed E-state index contributed by atoms with van der Waals surface area (Å²) in [7, 11) is 0. The molecule has 0 saturated heterocycles. The van der Waals surface area contributed by atoms with Crippen molar-refractivity contribution in [3.63, 3.8) is 0 Å². The first kappa shape index (κ1) is 16.2. The van der Waals surface area contributed by atoms with Gasteiger partial charge in [0.2, 0.25) is 0 Å². The summed E-state index contributed by atoms with van der Waals surface area (Å²) in [6.45, 7) is 0. The van der Waals surface area contributed by atoms with Crippen molar-refractivity contribution in [3.05, 3.63) is 109 Å². The molecule has 0 aliphatic heterocycles. The zero-order valence-corrected chi connectivity index (χ0v) is 16.1. The van der Waals surface area contributed by atoms with Crippen LogP contribution in [0.4, 0.5) is 0 Å². The Morgan fingerprint density at radius 2 is 0.840 bits per heavy atom. The molecule has 4 aromatic rings. The molecule has 4 rings (SSSR count). The van der Waals surface area contributed by atoms with Crippen LogP contribution in [-0.2, 0) is 0 Å². The Labute approximate surface area is 159 Å². The van der Waals surface area contributed by atoms with Crippen LogP contribution in [0.15, 0.2) is 109 Å². The number of benzene rings is 4. The van der Waals surface area contributed by atoms with Crippen LogP contribution >= 0.6 is 0 Å². The maximum atomic E-state index is 2.27. The maximum absolute atomic E-state index is 2.27. The average Bonchev–Trinajstić information content (AvgIpc) is 2.70. The van der Waals surface area contributed by atoms with Gasteiger partial charge < -0.3 is 0 Å². The van der Waals surface area contributed by atoms with Gasteiger partial charge in [0, 0.05) is 0 Å². The fourth-order valence-corrected chi connectivity index (χ4v) is 6.14. The number of rotatable bonds is 4. The molecule has 0 saturated carbocycles. The van der Waals surface area contributed by atoms with E-state index in [0.29, 0.717) is 0 Å². The first-order valence-corrected chi connectivity index (χ1v) is 10.7. The molecule has 0 bridgehead atoms. The molecule has 1 heteroatoms. The van der Waals surface area contributed by atoms with Crippen molar-refractivity contribution >= 4 is 28.1 Å². The summed E-state index contributed by atoms with van der Waals surface area (Å²) in [5.74, 6) is 0. The van der Waals surface area contributed by atoms with E-state index in [9.17, 15) is 0 Å². The summed E-state index contributed by atoms with van der Waals surface area (Å²) in [6.07, 6.45) is 0. The molecule has 0 nitrogen and oxygen atoms in total. The van der Waals surface area contributed by atoms with Gasteiger partial charge in [0.05, 0.1) is 0 Å². The minimum atomic E-state index is -0.483. The average molecular weight is 434 g/mol. The SMILES string of the molecule is c1ccc([Te]c2c(-c3ccccc3)cccc2-c2ccccc2)cc1. The van der Waals surface area contributed by atoms with Gasteiger partial charge in [-0.2, -0.15) is 0 Å². The normalized spacial score (nSPS) is 10.6. The fraction of sp³-hybridized carbons (Fsp3) is 0. The van der Waals surface area contributed by atoms with Crippen molar-refractivity contribution in [2.45, 2.75) is 0 Å². The Hall–Kier alpha value is -2.33. The van der Waals surface area contributed by atoms with Crippen LogP contribution < -0.4 is 7.22 Å². The molecular formula is C24H18Te. The summed E-state index contributed by atoms with van der Waals surface area (Å²) in [4.78, 5) is 0. The quantitative estimate of drug-likeness (QED) is 0.410. The van der Waals surface area contributed by atoms with Gasteiger partial charge >= 0.3 is 160 Å². The molecular weight excluding hydrogens is 416 g/mol. The second-order valence-electron chi connectivity index (χ2n) is 5.83. The zero-order chi connectivity index (χ0) is 16.9. The van der Waals surface area contributed by atoms with E-state index in [1.807, 2.05) is 0 Å². The molecule has 0 aromatic heterocycles. The third-order valence-corrected chi connectivity index (χ3v) is 7.44. The predicted molar refractivity (Wildman–Crippen MR) is 109 cm³/mol. The molecule has 0 spiro atoms. The van der Waals surface area contributed by atoms with E-state index in [4.69, 9.17) is 0 Å². The van der Waals surface area contributed by atoms with Gasteiger partial charge in [-0.1, -0.05) is 0 Å². The monoisotopic (exact) mass is 436 g/mol. The van der Waals surface area contributed by atoms with Crippen LogP contribution in [0.2, 0.25) is 0 Å². The van der Waals surface area contributed by atoms with Gasteiger partial charge in [-0.3, -0.25) is 0 Å². The van der Waals surface area contributed by atoms with Crippen molar-refractivity contribution in [3.8, 4) is 22.3 Å². The van der Waals surface area contributed by atoms with Gasteiger partial charge in [-0.05, 0) is 0 Å². The topological polar surface area (TPSA) is 0 Å². The molecule has 0 radical (unpaired) electrons. The molecule has 0 aliphatic rings. The molecule has 0 heterocycles. The summed E-state index contributed by atoms with van der Waals surface area (Å²) in [5, 5.41) is 0. The van der Waals surface area contributed by atoms with E-state index in [1.54, 1.807) is 0 Å². The van der Waals surface area contributed by atoms with E-state index >= 15 is 0 Å². The first-order valence-electron chi connectivity index (χ1n) is 8.38. The van der Waals surface area contributed by atoms with Crippen LogP contribution in [-0.4, -0.2) is 20.9 Å². The van der Waals surface area contributed by atoms with Crippen molar-refractivity contribution in [2.24, 2.45) is 0 Å². The van der Waals surface area contributed by atoms with E-state index in [-0.39, 0.29) is 0 Å². The number of hydrogen-bond donors (Lipinski definition) is 0. The van der Waals surface area contributed by atoms with Crippen LogP contribution in [0, 0.1) is 0 Å². The van der Waals surface area contributed by atoms with E-state index in [1.165, 1.54) is 29.5 Å². The van der Waals surface area contributed by atoms with Crippen molar-refractivity contribution in [1.82, 2.24) is 0 Å². The van der Waals surface area contributed by atoms with Gasteiger partial charge in [0.25, 0.3) is 0 Å². The van der Waals surface area contributed by atoms with Gasteiger partial charge in [-0.25, -0.2) is 0 Å². The van der Waals surface area contributed by atoms with E-state index < -0.39 is 20.9 Å². The molecule has 0 aliphatic carbocycles. The summed E-state index contributed by atoms with van der Waals surface area (Å²) in [5.41, 5.74) is 5.34. The predicted octanol–water partition coefficient (Wildman–Crippen LogP) is 4.68. The molecule has 0 fully saturated rings. The Balaban J connectivity index is 1.90. The minimum absolute atomic E-state index is 0.483. The van der Waals surface area contributed by atoms with Crippen LogP contribution in [0.25, 0.3) is 22.3 Å². The standard InChI is InChI=1S/C24H18Te/c1-4-11-19(12-5-1)22-17-10-18-23(20-13-6-2-7-14-20)24(22)25-21-15-8-3-9-16-21/h1-18H. The molecule has 0 N–H and O–H groups in total. The summed E-state index contributed by atoms with van der Waals surface area (Å²) in [6, 6.07) is 39.1. The Morgan fingerprint density at radius 3 is 1.32 bits per heavy atom. The van der Waals surface area contributed by atoms with Gasteiger partial charge in [-0.15, -0.1) is 0 Å². The zero-order valence-electron chi connectivity index (χ0n) is 13.8. The third kappa shape index (κ3) is 3.69. The van der Waals surface area contributed by atoms with Crippen molar-refractivity contribution < 1.29 is 0 Å². The molecule has 0 amide bonds. The van der Waals surface area contributed by atoms with Gasteiger partial charge in [0.15, 0.2) is 0 Å². The second kappa shape index (κ2) is 7.70. The van der Waals surface area contributed by atoms with E-state index in [2.05, 4.69) is 109 Å². The fourth-order valence-electron chi connectivity index (χ4n) is 2.94. The molecule has 0 atom stereocenters. The molecule has 25 heavy (non-hydrogen) atoms. The third-order valence-electron chi connectivity index (χ3n) is 4.15. The number of hydrogen-bond acceptors (Lipinski definition) is 0. The molecule has 4 aromatic carbocycles. The Kier molecular flexibility index (Phi) is 4.98. The van der Waals surface area contributed by atoms with E-state index in [0.717, 1.165) is 0 Å². The Bertz CT molecular complexity index is 887. The second-order valence-corrected chi connectivity index (χ2v) is 8.92. The van der Waals surface area contributed by atoms with Crippen molar-refractivity contribution in [2.75, 3.05) is 0 Å². The summed E-state index contributed by atoms with van der Waals surface area (Å²) >= 11 is -0.483. The van der Waals surface area contributed by atoms with Crippen molar-refractivity contribution in [1.29, 1.82) is 0 Å². The first-order chi connectivity index (χ1) is 12.4. The Morgan fingerprint density at radius 1 is 0.400 bits per heavy atom. The van der Waals surface area contributed by atoms with Crippen LogP contribution in [0.3, 0.4) is 0 Å². The van der Waals surface area contributed by atoms with Crippen LogP contribution in [0.5, 0.6) is 0 Å². The van der Waals surface area contributed by atoms with Crippen LogP contribution in [0.1, 0.15) is 0 Å². The molecule has 120 valence electrons. The molecule has 0 unspecified atom stereocenters. The summed E-state index contributed by atoms with van der Waals surface area (Å²) < 4.78 is 2.98.